The van der Waals surface area contributed by atoms with E-state index in [1.54, 1.807) is 14.2 Å². The lowest BCUT2D eigenvalue weighted by Gasteiger charge is -2.21. The van der Waals surface area contributed by atoms with Crippen LogP contribution in [-0.2, 0) is 11.3 Å². The molecular weight excluding hydrogens is 328 g/mol. The van der Waals surface area contributed by atoms with Gasteiger partial charge in [-0.1, -0.05) is 24.3 Å². The average Bonchev–Trinajstić information content (AvgIpc) is 2.62. The molecule has 0 aliphatic rings. The summed E-state index contributed by atoms with van der Waals surface area (Å²) in [4.78, 5) is 14.4. The van der Waals surface area contributed by atoms with Crippen LogP contribution in [0.4, 0.5) is 0 Å². The van der Waals surface area contributed by atoms with Crippen molar-refractivity contribution in [1.29, 1.82) is 0 Å². The first-order valence-electron chi connectivity index (χ1n) is 8.69. The third-order valence-electron chi connectivity index (χ3n) is 4.40. The first-order chi connectivity index (χ1) is 12.4. The second kappa shape index (κ2) is 9.25. The van der Waals surface area contributed by atoms with Crippen LogP contribution >= 0.6 is 0 Å². The topological polar surface area (TPSA) is 50.8 Å². The fourth-order valence-electron chi connectivity index (χ4n) is 2.92. The zero-order chi connectivity index (χ0) is 19.1. The van der Waals surface area contributed by atoms with E-state index < -0.39 is 0 Å². The molecule has 26 heavy (non-hydrogen) atoms. The number of nitrogens with one attached hydrogen (secondary N) is 1. The standard InChI is InChI=1S/C21H28N2O3/c1-15-8-6-7-9-17(15)13-23(3)14-21(24)22-16(2)19-12-18(25-4)10-11-20(19)26-5/h6-12,16H,13-14H2,1-5H3,(H,22,24). The van der Waals surface area contributed by atoms with E-state index in [1.165, 1.54) is 11.1 Å². The van der Waals surface area contributed by atoms with Gasteiger partial charge in [-0.25, -0.2) is 0 Å². The molecule has 0 radical (unpaired) electrons. The molecule has 2 aromatic carbocycles. The summed E-state index contributed by atoms with van der Waals surface area (Å²) in [6.07, 6.45) is 0. The summed E-state index contributed by atoms with van der Waals surface area (Å²) < 4.78 is 10.7. The zero-order valence-electron chi connectivity index (χ0n) is 16.2. The van der Waals surface area contributed by atoms with Crippen LogP contribution in [0.1, 0.15) is 29.7 Å². The van der Waals surface area contributed by atoms with Gasteiger partial charge in [-0.3, -0.25) is 9.69 Å². The fraction of sp³-hybridized carbons (Fsp3) is 0.381. The van der Waals surface area contributed by atoms with Gasteiger partial charge in [0.05, 0.1) is 26.8 Å². The molecule has 0 heterocycles. The molecule has 0 aliphatic carbocycles. The van der Waals surface area contributed by atoms with E-state index in [1.807, 2.05) is 49.2 Å². The number of amides is 1. The molecule has 0 saturated heterocycles. The second-order valence-electron chi connectivity index (χ2n) is 6.50. The van der Waals surface area contributed by atoms with Crippen LogP contribution < -0.4 is 14.8 Å². The van der Waals surface area contributed by atoms with Gasteiger partial charge < -0.3 is 14.8 Å². The molecule has 140 valence electrons. The van der Waals surface area contributed by atoms with Crippen molar-refractivity contribution in [2.75, 3.05) is 27.8 Å². The maximum Gasteiger partial charge on any atom is 0.234 e. The van der Waals surface area contributed by atoms with Crippen LogP contribution in [0.15, 0.2) is 42.5 Å². The summed E-state index contributed by atoms with van der Waals surface area (Å²) in [5.74, 6) is 1.43. The Morgan fingerprint density at radius 1 is 1.15 bits per heavy atom. The molecule has 1 atom stereocenters. The summed E-state index contributed by atoms with van der Waals surface area (Å²) in [5.41, 5.74) is 3.35. The Morgan fingerprint density at radius 2 is 1.88 bits per heavy atom. The van der Waals surface area contributed by atoms with E-state index in [0.717, 1.165) is 23.6 Å². The molecule has 0 aromatic heterocycles. The van der Waals surface area contributed by atoms with Crippen LogP contribution in [-0.4, -0.2) is 38.6 Å². The monoisotopic (exact) mass is 356 g/mol. The molecule has 0 fully saturated rings. The number of carbonyl (C=O) groups excluding carboxylic acids is 1. The Morgan fingerprint density at radius 3 is 2.54 bits per heavy atom. The lowest BCUT2D eigenvalue weighted by Crippen LogP contribution is -2.36. The smallest absolute Gasteiger partial charge is 0.234 e. The lowest BCUT2D eigenvalue weighted by molar-refractivity contribution is -0.122. The number of hydrogen-bond donors (Lipinski definition) is 1. The highest BCUT2D eigenvalue weighted by Gasteiger charge is 2.16. The summed E-state index contributed by atoms with van der Waals surface area (Å²) in [5, 5.41) is 3.04. The molecule has 1 N–H and O–H groups in total. The normalized spacial score (nSPS) is 11.9. The number of rotatable bonds is 8. The zero-order valence-corrected chi connectivity index (χ0v) is 16.2. The molecule has 2 aromatic rings. The molecule has 0 aliphatic heterocycles. The molecule has 2 rings (SSSR count). The molecule has 1 amide bonds. The van der Waals surface area contributed by atoms with Crippen molar-refractivity contribution >= 4 is 5.91 Å². The molecule has 5 nitrogen and oxygen atoms in total. The van der Waals surface area contributed by atoms with Crippen LogP contribution in [0.5, 0.6) is 11.5 Å². The quantitative estimate of drug-likeness (QED) is 0.788. The number of aryl methyl sites for hydroxylation is 1. The predicted octanol–water partition coefficient (Wildman–Crippen LogP) is 3.32. The number of nitrogens with zero attached hydrogens (tertiary/aromatic N) is 1. The van der Waals surface area contributed by atoms with Gasteiger partial charge in [0.2, 0.25) is 5.91 Å². The Bertz CT molecular complexity index is 746. The number of carbonyl (C=O) groups is 1. The average molecular weight is 356 g/mol. The third-order valence-corrected chi connectivity index (χ3v) is 4.40. The number of likely N-dealkylation sites (N-methyl/N-ethyl adjacent to an activating group) is 1. The van der Waals surface area contributed by atoms with Crippen molar-refractivity contribution in [3.63, 3.8) is 0 Å². The van der Waals surface area contributed by atoms with E-state index in [0.29, 0.717) is 6.54 Å². The number of ether oxygens (including phenoxy) is 2. The maximum atomic E-state index is 12.4. The van der Waals surface area contributed by atoms with Gasteiger partial charge in [-0.15, -0.1) is 0 Å². The Hall–Kier alpha value is -2.53. The van der Waals surface area contributed by atoms with Crippen molar-refractivity contribution in [3.05, 3.63) is 59.2 Å². The Balaban J connectivity index is 1.97. The largest absolute Gasteiger partial charge is 0.497 e. The van der Waals surface area contributed by atoms with Crippen molar-refractivity contribution in [2.45, 2.75) is 26.4 Å². The predicted molar refractivity (Wildman–Crippen MR) is 104 cm³/mol. The highest BCUT2D eigenvalue weighted by atomic mass is 16.5. The van der Waals surface area contributed by atoms with Crippen molar-refractivity contribution in [1.82, 2.24) is 10.2 Å². The van der Waals surface area contributed by atoms with E-state index in [2.05, 4.69) is 24.4 Å². The molecule has 0 bridgehead atoms. The summed E-state index contributed by atoms with van der Waals surface area (Å²) >= 11 is 0. The molecule has 1 unspecified atom stereocenters. The van der Waals surface area contributed by atoms with Gasteiger partial charge in [-0.05, 0) is 50.2 Å². The fourth-order valence-corrected chi connectivity index (χ4v) is 2.92. The lowest BCUT2D eigenvalue weighted by atomic mass is 10.1. The van der Waals surface area contributed by atoms with Crippen LogP contribution in [0.2, 0.25) is 0 Å². The van der Waals surface area contributed by atoms with E-state index in [-0.39, 0.29) is 11.9 Å². The number of benzene rings is 2. The summed E-state index contributed by atoms with van der Waals surface area (Å²) in [7, 11) is 5.19. The highest BCUT2D eigenvalue weighted by Crippen LogP contribution is 2.29. The van der Waals surface area contributed by atoms with Gasteiger partial charge in [-0.2, -0.15) is 0 Å². The summed E-state index contributed by atoms with van der Waals surface area (Å²) in [6, 6.07) is 13.6. The van der Waals surface area contributed by atoms with Crippen molar-refractivity contribution in [3.8, 4) is 11.5 Å². The van der Waals surface area contributed by atoms with Crippen molar-refractivity contribution < 1.29 is 14.3 Å². The van der Waals surface area contributed by atoms with E-state index >= 15 is 0 Å². The number of methoxy groups -OCH3 is 2. The minimum absolute atomic E-state index is 0.0292. The van der Waals surface area contributed by atoms with E-state index in [4.69, 9.17) is 9.47 Å². The molecular formula is C21H28N2O3. The van der Waals surface area contributed by atoms with Gasteiger partial charge in [0, 0.05) is 12.1 Å². The second-order valence-corrected chi connectivity index (χ2v) is 6.50. The van der Waals surface area contributed by atoms with E-state index in [9.17, 15) is 4.79 Å². The van der Waals surface area contributed by atoms with Crippen LogP contribution in [0.25, 0.3) is 0 Å². The number of hydrogen-bond acceptors (Lipinski definition) is 4. The minimum atomic E-state index is -0.181. The minimum Gasteiger partial charge on any atom is -0.497 e. The Kier molecular flexibility index (Phi) is 7.04. The van der Waals surface area contributed by atoms with Gasteiger partial charge >= 0.3 is 0 Å². The van der Waals surface area contributed by atoms with Gasteiger partial charge in [0.15, 0.2) is 0 Å². The third kappa shape index (κ3) is 5.23. The SMILES string of the molecule is COc1ccc(OC)c(C(C)NC(=O)CN(C)Cc2ccccc2C)c1. The first kappa shape index (κ1) is 19.8. The maximum absolute atomic E-state index is 12.4. The summed E-state index contributed by atoms with van der Waals surface area (Å²) in [6.45, 7) is 5.08. The van der Waals surface area contributed by atoms with Crippen molar-refractivity contribution in [2.24, 2.45) is 0 Å². The molecule has 5 heteroatoms. The van der Waals surface area contributed by atoms with Crippen LogP contribution in [0.3, 0.4) is 0 Å². The molecule has 0 spiro atoms. The van der Waals surface area contributed by atoms with Gasteiger partial charge in [0.25, 0.3) is 0 Å². The highest BCUT2D eigenvalue weighted by molar-refractivity contribution is 5.78. The van der Waals surface area contributed by atoms with Gasteiger partial charge in [0.1, 0.15) is 11.5 Å². The first-order valence-corrected chi connectivity index (χ1v) is 8.69. The van der Waals surface area contributed by atoms with Crippen LogP contribution in [0, 0.1) is 6.92 Å². The molecule has 0 saturated carbocycles. The Labute approximate surface area is 155 Å².